The molecule has 4 rings (SSSR count). The Balaban J connectivity index is 1.49. The number of aliphatic imine (C=N–C) groups is 1. The number of nitrogens with zero attached hydrogens (tertiary/aromatic N) is 2. The lowest BCUT2D eigenvalue weighted by atomic mass is 10.1. The summed E-state index contributed by atoms with van der Waals surface area (Å²) in [6.07, 6.45) is 0.830. The third-order valence-electron chi connectivity index (χ3n) is 5.14. The maximum atomic E-state index is 13.2. The summed E-state index contributed by atoms with van der Waals surface area (Å²) in [6, 6.07) is 27.3. The van der Waals surface area contributed by atoms with Gasteiger partial charge in [-0.2, -0.15) is 0 Å². The first-order valence-corrected chi connectivity index (χ1v) is 11.5. The molecule has 1 unspecified atom stereocenters. The van der Waals surface area contributed by atoms with E-state index in [9.17, 15) is 9.59 Å². The highest BCUT2D eigenvalue weighted by molar-refractivity contribution is 8.15. The molecule has 0 aromatic heterocycles. The molecular formula is C26H25N3O2S. The summed E-state index contributed by atoms with van der Waals surface area (Å²) in [6.45, 7) is 2.50. The fourth-order valence-corrected chi connectivity index (χ4v) is 4.72. The molecule has 1 atom stereocenters. The van der Waals surface area contributed by atoms with Gasteiger partial charge >= 0.3 is 0 Å². The Morgan fingerprint density at radius 3 is 2.44 bits per heavy atom. The van der Waals surface area contributed by atoms with E-state index in [0.29, 0.717) is 11.7 Å². The van der Waals surface area contributed by atoms with Crippen molar-refractivity contribution in [2.24, 2.45) is 4.99 Å². The van der Waals surface area contributed by atoms with Gasteiger partial charge in [-0.1, -0.05) is 72.4 Å². The van der Waals surface area contributed by atoms with E-state index < -0.39 is 5.25 Å². The number of carbonyl (C=O) groups excluding carboxylic acids is 2. The third-order valence-corrected chi connectivity index (χ3v) is 6.32. The summed E-state index contributed by atoms with van der Waals surface area (Å²) < 4.78 is 0. The van der Waals surface area contributed by atoms with Crippen molar-refractivity contribution in [2.45, 2.75) is 25.0 Å². The van der Waals surface area contributed by atoms with E-state index in [2.05, 4.69) is 17.4 Å². The minimum atomic E-state index is -0.488. The zero-order valence-electron chi connectivity index (χ0n) is 17.9. The van der Waals surface area contributed by atoms with Crippen molar-refractivity contribution < 1.29 is 9.59 Å². The lowest BCUT2D eigenvalue weighted by Gasteiger charge is -2.16. The highest BCUT2D eigenvalue weighted by Crippen LogP contribution is 2.32. The lowest BCUT2D eigenvalue weighted by Crippen LogP contribution is -2.35. The summed E-state index contributed by atoms with van der Waals surface area (Å²) >= 11 is 1.36. The summed E-state index contributed by atoms with van der Waals surface area (Å²) in [4.78, 5) is 32.3. The number of amidine groups is 1. The van der Waals surface area contributed by atoms with Crippen LogP contribution in [0.25, 0.3) is 0 Å². The molecule has 32 heavy (non-hydrogen) atoms. The Hall–Kier alpha value is -3.38. The topological polar surface area (TPSA) is 61.8 Å². The van der Waals surface area contributed by atoms with Gasteiger partial charge in [0.05, 0.1) is 5.69 Å². The van der Waals surface area contributed by atoms with Gasteiger partial charge in [0, 0.05) is 18.7 Å². The Morgan fingerprint density at radius 2 is 1.72 bits per heavy atom. The number of carbonyl (C=O) groups is 2. The SMILES string of the molecule is Cc1cccc(NC(=O)CC2SC(=Nc3ccccc3)N(CCc3ccccc3)C2=O)c1. The molecule has 1 N–H and O–H groups in total. The van der Waals surface area contributed by atoms with Crippen LogP contribution in [-0.4, -0.2) is 33.7 Å². The number of hydrogen-bond donors (Lipinski definition) is 1. The Bertz CT molecular complexity index is 1120. The van der Waals surface area contributed by atoms with E-state index in [1.54, 1.807) is 4.90 Å². The van der Waals surface area contributed by atoms with Crippen LogP contribution in [0.15, 0.2) is 89.9 Å². The number of hydrogen-bond acceptors (Lipinski definition) is 4. The van der Waals surface area contributed by atoms with Crippen molar-refractivity contribution in [1.29, 1.82) is 0 Å². The van der Waals surface area contributed by atoms with Crippen LogP contribution in [0.5, 0.6) is 0 Å². The van der Waals surface area contributed by atoms with Gasteiger partial charge in [-0.05, 0) is 48.7 Å². The van der Waals surface area contributed by atoms with Gasteiger partial charge in [0.25, 0.3) is 0 Å². The van der Waals surface area contributed by atoms with Crippen molar-refractivity contribution in [1.82, 2.24) is 4.90 Å². The van der Waals surface area contributed by atoms with Crippen LogP contribution in [-0.2, 0) is 16.0 Å². The van der Waals surface area contributed by atoms with Gasteiger partial charge in [-0.15, -0.1) is 0 Å². The number of aryl methyl sites for hydroxylation is 1. The van der Waals surface area contributed by atoms with E-state index in [1.165, 1.54) is 11.8 Å². The maximum absolute atomic E-state index is 13.2. The van der Waals surface area contributed by atoms with E-state index in [1.807, 2.05) is 79.7 Å². The molecule has 1 fully saturated rings. The van der Waals surface area contributed by atoms with Crippen molar-refractivity contribution in [2.75, 3.05) is 11.9 Å². The van der Waals surface area contributed by atoms with Crippen LogP contribution in [0.2, 0.25) is 0 Å². The van der Waals surface area contributed by atoms with Crippen LogP contribution in [0.4, 0.5) is 11.4 Å². The second-order valence-corrected chi connectivity index (χ2v) is 8.85. The molecule has 0 saturated carbocycles. The summed E-state index contributed by atoms with van der Waals surface area (Å²) in [5.41, 5.74) is 3.76. The summed E-state index contributed by atoms with van der Waals surface area (Å²) in [7, 11) is 0. The minimum absolute atomic E-state index is 0.0694. The smallest absolute Gasteiger partial charge is 0.242 e. The number of amides is 2. The second kappa shape index (κ2) is 10.3. The molecule has 1 aliphatic rings. The Kier molecular flexibility index (Phi) is 7.02. The third kappa shape index (κ3) is 5.65. The molecule has 3 aromatic carbocycles. The fourth-order valence-electron chi connectivity index (χ4n) is 3.53. The van der Waals surface area contributed by atoms with Crippen molar-refractivity contribution in [3.05, 3.63) is 96.1 Å². The van der Waals surface area contributed by atoms with E-state index in [-0.39, 0.29) is 18.2 Å². The Labute approximate surface area is 192 Å². The summed E-state index contributed by atoms with van der Waals surface area (Å²) in [5.74, 6) is -0.245. The molecule has 6 heteroatoms. The molecule has 5 nitrogen and oxygen atoms in total. The molecule has 1 saturated heterocycles. The predicted molar refractivity (Wildman–Crippen MR) is 131 cm³/mol. The molecule has 0 aliphatic carbocycles. The number of rotatable bonds is 7. The number of benzene rings is 3. The molecule has 0 radical (unpaired) electrons. The van der Waals surface area contributed by atoms with Crippen LogP contribution in [0, 0.1) is 6.92 Å². The van der Waals surface area contributed by atoms with Gasteiger partial charge in [-0.3, -0.25) is 14.5 Å². The van der Waals surface area contributed by atoms with Crippen LogP contribution >= 0.6 is 11.8 Å². The Morgan fingerprint density at radius 1 is 1.00 bits per heavy atom. The highest BCUT2D eigenvalue weighted by atomic mass is 32.2. The first-order valence-electron chi connectivity index (χ1n) is 10.6. The van der Waals surface area contributed by atoms with Crippen LogP contribution < -0.4 is 5.32 Å². The fraction of sp³-hybridized carbons (Fsp3) is 0.192. The molecule has 1 aliphatic heterocycles. The minimum Gasteiger partial charge on any atom is -0.326 e. The zero-order valence-corrected chi connectivity index (χ0v) is 18.7. The normalized spacial score (nSPS) is 17.0. The van der Waals surface area contributed by atoms with Crippen LogP contribution in [0.3, 0.4) is 0 Å². The molecule has 3 aromatic rings. The first kappa shape index (κ1) is 21.8. The zero-order chi connectivity index (χ0) is 22.3. The molecule has 162 valence electrons. The number of para-hydroxylation sites is 1. The largest absolute Gasteiger partial charge is 0.326 e. The van der Waals surface area contributed by atoms with Gasteiger partial charge in [0.2, 0.25) is 11.8 Å². The van der Waals surface area contributed by atoms with Gasteiger partial charge in [0.15, 0.2) is 5.17 Å². The quantitative estimate of drug-likeness (QED) is 0.546. The molecule has 2 amide bonds. The number of nitrogens with one attached hydrogen (secondary N) is 1. The van der Waals surface area contributed by atoms with E-state index in [0.717, 1.165) is 28.9 Å². The van der Waals surface area contributed by atoms with E-state index in [4.69, 9.17) is 4.99 Å². The molecule has 1 heterocycles. The molecule has 0 spiro atoms. The average molecular weight is 444 g/mol. The second-order valence-electron chi connectivity index (χ2n) is 7.68. The maximum Gasteiger partial charge on any atom is 0.242 e. The standard InChI is InChI=1S/C26H25N3O2S/c1-19-9-8-14-22(17-19)27-24(30)18-23-25(31)29(16-15-20-10-4-2-5-11-20)26(32-23)28-21-12-6-3-7-13-21/h2-14,17,23H,15-16,18H2,1H3,(H,27,30). The van der Waals surface area contributed by atoms with Crippen molar-refractivity contribution in [3.8, 4) is 0 Å². The van der Waals surface area contributed by atoms with Gasteiger partial charge < -0.3 is 5.32 Å². The van der Waals surface area contributed by atoms with Crippen molar-refractivity contribution >= 4 is 40.1 Å². The van der Waals surface area contributed by atoms with E-state index >= 15 is 0 Å². The highest BCUT2D eigenvalue weighted by Gasteiger charge is 2.39. The lowest BCUT2D eigenvalue weighted by molar-refractivity contribution is -0.128. The average Bonchev–Trinajstić information content (AvgIpc) is 3.07. The number of anilines is 1. The monoisotopic (exact) mass is 443 g/mol. The van der Waals surface area contributed by atoms with Crippen LogP contribution in [0.1, 0.15) is 17.5 Å². The summed E-state index contributed by atoms with van der Waals surface area (Å²) in [5, 5.41) is 3.06. The first-order chi connectivity index (χ1) is 15.6. The molecule has 0 bridgehead atoms. The number of thioether (sulfide) groups is 1. The predicted octanol–water partition coefficient (Wildman–Crippen LogP) is 5.20. The molecular weight excluding hydrogens is 418 g/mol. The van der Waals surface area contributed by atoms with Gasteiger partial charge in [-0.25, -0.2) is 4.99 Å². The van der Waals surface area contributed by atoms with Crippen molar-refractivity contribution in [3.63, 3.8) is 0 Å². The van der Waals surface area contributed by atoms with Gasteiger partial charge in [0.1, 0.15) is 5.25 Å².